The third kappa shape index (κ3) is 10.7. The van der Waals surface area contributed by atoms with E-state index in [2.05, 4.69) is 12.2 Å². The van der Waals surface area contributed by atoms with Crippen molar-refractivity contribution >= 4 is 6.09 Å². The van der Waals surface area contributed by atoms with E-state index in [0.717, 1.165) is 12.8 Å². The lowest BCUT2D eigenvalue weighted by Gasteiger charge is -2.22. The Kier molecular flexibility index (Phi) is 14.8. The van der Waals surface area contributed by atoms with Gasteiger partial charge in [0.25, 0.3) is 0 Å². The van der Waals surface area contributed by atoms with Crippen LogP contribution in [0, 0.1) is 11.8 Å². The number of aliphatic hydroxyl groups is 1. The Labute approximate surface area is 196 Å². The Hall–Kier alpha value is -1.07. The van der Waals surface area contributed by atoms with Gasteiger partial charge < -0.3 is 19.9 Å². The number of alkyl carbamates (subject to hydrolysis) is 1. The quantitative estimate of drug-likeness (QED) is 0.163. The van der Waals surface area contributed by atoms with Crippen molar-refractivity contribution in [1.82, 2.24) is 5.32 Å². The average molecular weight is 452 g/mol. The molecular formula is C27H49NO4. The van der Waals surface area contributed by atoms with Gasteiger partial charge in [0, 0.05) is 25.0 Å². The zero-order chi connectivity index (χ0) is 22.9. The number of unbranched alkanes of at least 4 members (excludes halogenated alkanes) is 15. The number of rotatable bonds is 20. The van der Waals surface area contributed by atoms with Crippen LogP contribution >= 0.6 is 0 Å². The van der Waals surface area contributed by atoms with Crippen LogP contribution in [0.25, 0.3) is 0 Å². The number of amides is 1. The zero-order valence-corrected chi connectivity index (χ0v) is 20.6. The highest BCUT2D eigenvalue weighted by molar-refractivity contribution is 5.67. The molecular weight excluding hydrogens is 402 g/mol. The summed E-state index contributed by atoms with van der Waals surface area (Å²) in [4.78, 5) is 11.9. The van der Waals surface area contributed by atoms with E-state index in [0.29, 0.717) is 13.2 Å². The third-order valence-electron chi connectivity index (χ3n) is 7.12. The molecule has 2 N–H and O–H groups in total. The molecule has 0 aromatic carbocycles. The highest BCUT2D eigenvalue weighted by Crippen LogP contribution is 2.38. The maximum Gasteiger partial charge on any atom is 0.407 e. The van der Waals surface area contributed by atoms with Crippen molar-refractivity contribution in [3.8, 4) is 0 Å². The number of aliphatic hydroxyl groups excluding tert-OH is 1. The second-order valence-electron chi connectivity index (χ2n) is 9.79. The predicted octanol–water partition coefficient (Wildman–Crippen LogP) is 6.54. The lowest BCUT2D eigenvalue weighted by molar-refractivity contribution is 0.0831. The molecule has 1 amide bonds. The molecule has 2 aliphatic heterocycles. The number of carbonyl (C=O) groups is 1. The summed E-state index contributed by atoms with van der Waals surface area (Å²) >= 11 is 0. The van der Waals surface area contributed by atoms with Gasteiger partial charge in [-0.2, -0.15) is 0 Å². The molecule has 1 saturated heterocycles. The highest BCUT2D eigenvalue weighted by atomic mass is 16.6. The second-order valence-corrected chi connectivity index (χ2v) is 9.79. The van der Waals surface area contributed by atoms with Gasteiger partial charge >= 0.3 is 6.09 Å². The first kappa shape index (κ1) is 27.2. The Bertz CT molecular complexity index is 510. The Morgan fingerprint density at radius 3 is 1.75 bits per heavy atom. The van der Waals surface area contributed by atoms with Crippen LogP contribution in [0.1, 0.15) is 110 Å². The molecule has 0 aliphatic carbocycles. The summed E-state index contributed by atoms with van der Waals surface area (Å²) in [5, 5.41) is 12.4. The van der Waals surface area contributed by atoms with E-state index in [9.17, 15) is 9.90 Å². The van der Waals surface area contributed by atoms with E-state index in [1.165, 1.54) is 89.9 Å². The third-order valence-corrected chi connectivity index (χ3v) is 7.12. The van der Waals surface area contributed by atoms with Crippen LogP contribution in [0.3, 0.4) is 0 Å². The lowest BCUT2D eigenvalue weighted by Crippen LogP contribution is -2.34. The van der Waals surface area contributed by atoms with Crippen LogP contribution in [-0.4, -0.2) is 43.2 Å². The zero-order valence-electron chi connectivity index (χ0n) is 20.6. The van der Waals surface area contributed by atoms with Gasteiger partial charge in [0.15, 0.2) is 0 Å². The molecule has 2 aliphatic rings. The van der Waals surface area contributed by atoms with Gasteiger partial charge in [-0.15, -0.1) is 0 Å². The molecule has 0 radical (unpaired) electrons. The van der Waals surface area contributed by atoms with Gasteiger partial charge in [-0.3, -0.25) is 0 Å². The van der Waals surface area contributed by atoms with Crippen LogP contribution in [0.4, 0.5) is 4.79 Å². The fraction of sp³-hybridized carbons (Fsp3) is 0.889. The Balaban J connectivity index is 1.29. The van der Waals surface area contributed by atoms with Gasteiger partial charge in [0.05, 0.1) is 18.8 Å². The first-order valence-corrected chi connectivity index (χ1v) is 13.6. The monoisotopic (exact) mass is 451 g/mol. The molecule has 2 heterocycles. The molecule has 5 nitrogen and oxygen atoms in total. The van der Waals surface area contributed by atoms with Crippen LogP contribution < -0.4 is 5.32 Å². The number of nitrogens with one attached hydrogen (secondary N) is 1. The summed E-state index contributed by atoms with van der Waals surface area (Å²) in [7, 11) is 0. The van der Waals surface area contributed by atoms with Crippen LogP contribution in [0.5, 0.6) is 0 Å². The Morgan fingerprint density at radius 2 is 1.25 bits per heavy atom. The summed E-state index contributed by atoms with van der Waals surface area (Å²) in [6, 6.07) is 0. The molecule has 0 spiro atoms. The van der Waals surface area contributed by atoms with E-state index in [4.69, 9.17) is 9.47 Å². The van der Waals surface area contributed by atoms with E-state index in [1.807, 2.05) is 12.2 Å². The molecule has 5 heteroatoms. The fourth-order valence-corrected chi connectivity index (χ4v) is 5.01. The molecule has 0 aromatic heterocycles. The van der Waals surface area contributed by atoms with Gasteiger partial charge in [-0.1, -0.05) is 115 Å². The van der Waals surface area contributed by atoms with E-state index < -0.39 is 0 Å². The van der Waals surface area contributed by atoms with Crippen molar-refractivity contribution < 1.29 is 19.4 Å². The molecule has 2 bridgehead atoms. The summed E-state index contributed by atoms with van der Waals surface area (Å²) < 4.78 is 11.1. The van der Waals surface area contributed by atoms with Crippen molar-refractivity contribution in [2.45, 2.75) is 122 Å². The van der Waals surface area contributed by atoms with Crippen LogP contribution in [0.2, 0.25) is 0 Å². The largest absolute Gasteiger partial charge is 0.449 e. The van der Waals surface area contributed by atoms with Gasteiger partial charge in [0.1, 0.15) is 0 Å². The van der Waals surface area contributed by atoms with E-state index in [-0.39, 0.29) is 36.7 Å². The van der Waals surface area contributed by atoms with E-state index >= 15 is 0 Å². The van der Waals surface area contributed by atoms with Crippen molar-refractivity contribution in [3.63, 3.8) is 0 Å². The highest BCUT2D eigenvalue weighted by Gasteiger charge is 2.45. The molecule has 1 fully saturated rings. The van der Waals surface area contributed by atoms with Crippen molar-refractivity contribution in [3.05, 3.63) is 12.2 Å². The Morgan fingerprint density at radius 1 is 0.781 bits per heavy atom. The summed E-state index contributed by atoms with van der Waals surface area (Å²) in [5.74, 6) is 0.106. The number of carbonyl (C=O) groups excluding carboxylic acids is 1. The van der Waals surface area contributed by atoms with E-state index in [1.54, 1.807) is 0 Å². The molecule has 4 atom stereocenters. The van der Waals surface area contributed by atoms with Gasteiger partial charge in [0.2, 0.25) is 0 Å². The topological polar surface area (TPSA) is 67.8 Å². The predicted molar refractivity (Wildman–Crippen MR) is 131 cm³/mol. The second kappa shape index (κ2) is 17.4. The van der Waals surface area contributed by atoms with Crippen molar-refractivity contribution in [2.24, 2.45) is 11.8 Å². The maximum absolute atomic E-state index is 11.9. The molecule has 186 valence electrons. The smallest absolute Gasteiger partial charge is 0.407 e. The number of hydrogen-bond acceptors (Lipinski definition) is 4. The molecule has 0 saturated carbocycles. The maximum atomic E-state index is 11.9. The van der Waals surface area contributed by atoms with Crippen LogP contribution in [0.15, 0.2) is 12.2 Å². The van der Waals surface area contributed by atoms with Crippen molar-refractivity contribution in [1.29, 1.82) is 0 Å². The summed E-state index contributed by atoms with van der Waals surface area (Å²) in [6.07, 6.45) is 25.2. The number of hydrogen-bond donors (Lipinski definition) is 2. The standard InChI is InChI=1S/C27H49NO4/c1-2-3-4-5-6-7-8-9-10-11-12-13-14-15-16-17-20-28-27(30)31-22-24-23(21-29)25-18-19-26(24)32-25/h18-19,23-26,29H,2-17,20-22H2,1H3,(H,28,30). The normalized spacial score (nSPS) is 23.7. The van der Waals surface area contributed by atoms with Crippen LogP contribution in [-0.2, 0) is 9.47 Å². The molecule has 0 aromatic rings. The number of ether oxygens (including phenoxy) is 2. The minimum Gasteiger partial charge on any atom is -0.449 e. The summed E-state index contributed by atoms with van der Waals surface area (Å²) in [6.45, 7) is 3.33. The summed E-state index contributed by atoms with van der Waals surface area (Å²) in [5.41, 5.74) is 0. The minimum absolute atomic E-state index is 0.0215. The molecule has 4 unspecified atom stereocenters. The minimum atomic E-state index is -0.352. The SMILES string of the molecule is CCCCCCCCCCCCCCCCCCNC(=O)OCC1C2C=CC(O2)C1CO. The fourth-order valence-electron chi connectivity index (χ4n) is 5.01. The lowest BCUT2D eigenvalue weighted by atomic mass is 9.84. The first-order chi connectivity index (χ1) is 15.8. The van der Waals surface area contributed by atoms with Gasteiger partial charge in [-0.25, -0.2) is 4.79 Å². The van der Waals surface area contributed by atoms with Crippen molar-refractivity contribution in [2.75, 3.05) is 19.8 Å². The molecule has 2 rings (SSSR count). The first-order valence-electron chi connectivity index (χ1n) is 13.6. The number of fused-ring (bicyclic) bond motifs is 2. The van der Waals surface area contributed by atoms with Gasteiger partial charge in [-0.05, 0) is 6.42 Å². The molecule has 32 heavy (non-hydrogen) atoms. The average Bonchev–Trinajstić information content (AvgIpc) is 3.41.